The van der Waals surface area contributed by atoms with Crippen LogP contribution in [0.3, 0.4) is 0 Å². The quantitative estimate of drug-likeness (QED) is 0.504. The minimum absolute atomic E-state index is 0.0511. The Labute approximate surface area is 186 Å². The molecule has 0 spiro atoms. The second-order valence-electron chi connectivity index (χ2n) is 6.62. The van der Waals surface area contributed by atoms with Gasteiger partial charge in [0.25, 0.3) is 0 Å². The molecule has 1 aromatic heterocycles. The lowest BCUT2D eigenvalue weighted by Crippen LogP contribution is -2.27. The Morgan fingerprint density at radius 3 is 2.47 bits per heavy atom. The molecule has 1 amide bonds. The number of nitrogens with one attached hydrogen (secondary N) is 1. The Morgan fingerprint density at radius 1 is 1.16 bits per heavy atom. The number of benzene rings is 2. The maximum atomic E-state index is 13.3. The molecule has 3 rings (SSSR count). The molecule has 0 radical (unpaired) electrons. The van der Waals surface area contributed by atoms with Crippen molar-refractivity contribution in [2.45, 2.75) is 30.1 Å². The number of alkyl halides is 3. The van der Waals surface area contributed by atoms with Gasteiger partial charge in [0.2, 0.25) is 5.91 Å². The number of thioether (sulfide) groups is 1. The van der Waals surface area contributed by atoms with E-state index >= 15 is 0 Å². The third-order valence-corrected chi connectivity index (χ3v) is 5.50. The number of nitrogens with zero attached hydrogens (tertiary/aromatic N) is 3. The number of halogens is 3. The van der Waals surface area contributed by atoms with Crippen molar-refractivity contribution in [1.82, 2.24) is 20.1 Å². The minimum atomic E-state index is -4.51. The first-order valence-electron chi connectivity index (χ1n) is 9.50. The van der Waals surface area contributed by atoms with E-state index in [1.807, 2.05) is 0 Å². The number of amides is 1. The predicted molar refractivity (Wildman–Crippen MR) is 113 cm³/mol. The van der Waals surface area contributed by atoms with E-state index in [1.165, 1.54) is 23.7 Å². The Hall–Kier alpha value is -3.21. The zero-order chi connectivity index (χ0) is 23.3. The van der Waals surface area contributed by atoms with E-state index in [-0.39, 0.29) is 29.2 Å². The van der Waals surface area contributed by atoms with Crippen molar-refractivity contribution in [3.63, 3.8) is 0 Å². The van der Waals surface area contributed by atoms with Crippen LogP contribution in [0.5, 0.6) is 11.5 Å². The molecule has 170 valence electrons. The van der Waals surface area contributed by atoms with Crippen LogP contribution in [0, 0.1) is 0 Å². The van der Waals surface area contributed by atoms with E-state index in [9.17, 15) is 18.0 Å². The summed E-state index contributed by atoms with van der Waals surface area (Å²) in [5.41, 5.74) is -0.592. The number of hydrogen-bond donors (Lipinski definition) is 1. The third kappa shape index (κ3) is 5.52. The molecule has 0 fully saturated rings. The van der Waals surface area contributed by atoms with Crippen LogP contribution in [-0.4, -0.2) is 40.1 Å². The van der Waals surface area contributed by atoms with E-state index in [0.29, 0.717) is 11.5 Å². The Morgan fingerprint density at radius 2 is 1.84 bits per heavy atom. The van der Waals surface area contributed by atoms with Crippen molar-refractivity contribution in [1.29, 1.82) is 0 Å². The van der Waals surface area contributed by atoms with E-state index in [0.717, 1.165) is 23.9 Å². The summed E-state index contributed by atoms with van der Waals surface area (Å²) in [7, 11) is 3.05. The van der Waals surface area contributed by atoms with E-state index < -0.39 is 17.0 Å². The average Bonchev–Trinajstić information content (AvgIpc) is 3.19. The third-order valence-electron chi connectivity index (χ3n) is 4.46. The van der Waals surface area contributed by atoms with E-state index in [4.69, 9.17) is 9.47 Å². The molecular formula is C21H21F3N4O3S. The summed E-state index contributed by atoms with van der Waals surface area (Å²) in [6, 6.07) is 11.7. The second-order valence-corrected chi connectivity index (χ2v) is 7.93. The monoisotopic (exact) mass is 466 g/mol. The molecule has 1 N–H and O–H groups in total. The maximum absolute atomic E-state index is 13.3. The molecule has 1 heterocycles. The number of carbonyl (C=O) groups is 1. The highest BCUT2D eigenvalue weighted by molar-refractivity contribution is 8.00. The fourth-order valence-corrected chi connectivity index (χ4v) is 3.73. The summed E-state index contributed by atoms with van der Waals surface area (Å²) < 4.78 is 52.1. The van der Waals surface area contributed by atoms with Gasteiger partial charge in [-0.25, -0.2) is 0 Å². The van der Waals surface area contributed by atoms with Crippen LogP contribution in [0.25, 0.3) is 5.69 Å². The van der Waals surface area contributed by atoms with Gasteiger partial charge in [-0.3, -0.25) is 9.36 Å². The molecule has 7 nitrogen and oxygen atoms in total. The number of rotatable bonds is 8. The molecule has 11 heteroatoms. The first-order valence-corrected chi connectivity index (χ1v) is 10.4. The number of hydrogen-bond acceptors (Lipinski definition) is 6. The summed E-state index contributed by atoms with van der Waals surface area (Å²) >= 11 is 1.08. The molecule has 0 saturated heterocycles. The molecule has 1 unspecified atom stereocenters. The summed E-state index contributed by atoms with van der Waals surface area (Å²) in [5, 5.41) is 10.5. The van der Waals surface area contributed by atoms with Gasteiger partial charge >= 0.3 is 6.18 Å². The van der Waals surface area contributed by atoms with Gasteiger partial charge in [-0.1, -0.05) is 17.8 Å². The number of ether oxygens (including phenoxy) is 2. The van der Waals surface area contributed by atoms with E-state index in [2.05, 4.69) is 15.5 Å². The van der Waals surface area contributed by atoms with Crippen LogP contribution in [0.4, 0.5) is 13.2 Å². The fourth-order valence-electron chi connectivity index (χ4n) is 2.79. The van der Waals surface area contributed by atoms with Gasteiger partial charge in [0.15, 0.2) is 11.0 Å². The van der Waals surface area contributed by atoms with Gasteiger partial charge < -0.3 is 14.8 Å². The molecule has 1 atom stereocenters. The zero-order valence-electron chi connectivity index (χ0n) is 17.5. The first-order chi connectivity index (χ1) is 15.2. The fraction of sp³-hybridized carbons (Fsp3) is 0.286. The normalized spacial score (nSPS) is 12.3. The summed E-state index contributed by atoms with van der Waals surface area (Å²) in [5.74, 6) is 1.22. The highest BCUT2D eigenvalue weighted by Crippen LogP contribution is 2.32. The van der Waals surface area contributed by atoms with E-state index in [1.54, 1.807) is 38.3 Å². The summed E-state index contributed by atoms with van der Waals surface area (Å²) in [4.78, 5) is 11.9. The van der Waals surface area contributed by atoms with Crippen LogP contribution >= 0.6 is 11.8 Å². The topological polar surface area (TPSA) is 78.3 Å². The van der Waals surface area contributed by atoms with Crippen molar-refractivity contribution >= 4 is 17.7 Å². The summed E-state index contributed by atoms with van der Waals surface area (Å²) in [6.07, 6.45) is -4.51. The summed E-state index contributed by atoms with van der Waals surface area (Å²) in [6.45, 7) is 1.62. The van der Waals surface area contributed by atoms with Crippen molar-refractivity contribution in [2.75, 3.05) is 14.2 Å². The van der Waals surface area contributed by atoms with Gasteiger partial charge in [0.1, 0.15) is 18.1 Å². The highest BCUT2D eigenvalue weighted by Gasteiger charge is 2.31. The highest BCUT2D eigenvalue weighted by atomic mass is 32.2. The Kier molecular flexibility index (Phi) is 7.29. The van der Waals surface area contributed by atoms with Crippen LogP contribution < -0.4 is 14.8 Å². The number of methoxy groups -OCH3 is 1. The molecule has 2 aromatic carbocycles. The second kappa shape index (κ2) is 9.94. The molecule has 0 bridgehead atoms. The molecule has 0 saturated carbocycles. The van der Waals surface area contributed by atoms with Gasteiger partial charge in [0.05, 0.1) is 23.6 Å². The van der Waals surface area contributed by atoms with Crippen molar-refractivity contribution in [3.05, 3.63) is 59.9 Å². The standard InChI is InChI=1S/C21H21F3N4O3S/c1-13(19(29)25-2)32-20-27-26-18(12-31-17-9-7-16(30-3)8-10-17)28(20)15-6-4-5-14(11-15)21(22,23)24/h4-11,13H,12H2,1-3H3,(H,25,29). The number of aromatic nitrogens is 3. The van der Waals surface area contributed by atoms with Gasteiger partial charge in [-0.05, 0) is 49.4 Å². The van der Waals surface area contributed by atoms with Crippen molar-refractivity contribution < 1.29 is 27.4 Å². The van der Waals surface area contributed by atoms with Crippen LogP contribution in [-0.2, 0) is 17.6 Å². The van der Waals surface area contributed by atoms with Crippen LogP contribution in [0.1, 0.15) is 18.3 Å². The smallest absolute Gasteiger partial charge is 0.416 e. The van der Waals surface area contributed by atoms with Gasteiger partial charge in [-0.15, -0.1) is 10.2 Å². The molecule has 0 aliphatic carbocycles. The lowest BCUT2D eigenvalue weighted by Gasteiger charge is -2.15. The lowest BCUT2D eigenvalue weighted by atomic mass is 10.2. The zero-order valence-corrected chi connectivity index (χ0v) is 18.3. The molecule has 0 aliphatic heterocycles. The molecule has 32 heavy (non-hydrogen) atoms. The minimum Gasteiger partial charge on any atom is -0.497 e. The Balaban J connectivity index is 1.95. The molecule has 3 aromatic rings. The first kappa shape index (κ1) is 23.5. The van der Waals surface area contributed by atoms with Gasteiger partial charge in [-0.2, -0.15) is 13.2 Å². The lowest BCUT2D eigenvalue weighted by molar-refractivity contribution is -0.137. The maximum Gasteiger partial charge on any atom is 0.416 e. The van der Waals surface area contributed by atoms with Crippen LogP contribution in [0.2, 0.25) is 0 Å². The Bertz CT molecular complexity index is 1070. The SMILES string of the molecule is CNC(=O)C(C)Sc1nnc(COc2ccc(OC)cc2)n1-c1cccc(C(F)(F)F)c1. The number of carbonyl (C=O) groups excluding carboxylic acids is 1. The van der Waals surface area contributed by atoms with Gasteiger partial charge in [0, 0.05) is 7.05 Å². The predicted octanol–water partition coefficient (Wildman–Crippen LogP) is 4.10. The molecular weight excluding hydrogens is 445 g/mol. The largest absolute Gasteiger partial charge is 0.497 e. The molecule has 0 aliphatic rings. The van der Waals surface area contributed by atoms with Crippen molar-refractivity contribution in [3.8, 4) is 17.2 Å². The van der Waals surface area contributed by atoms with Crippen molar-refractivity contribution in [2.24, 2.45) is 0 Å². The average molecular weight is 466 g/mol. The van der Waals surface area contributed by atoms with Crippen LogP contribution in [0.15, 0.2) is 53.7 Å².